The molecule has 0 heterocycles. The van der Waals surface area contributed by atoms with E-state index in [9.17, 15) is 4.79 Å². The zero-order valence-corrected chi connectivity index (χ0v) is 8.65. The Bertz CT molecular complexity index is 388. The van der Waals surface area contributed by atoms with Crippen molar-refractivity contribution in [1.82, 2.24) is 5.43 Å². The first-order valence-corrected chi connectivity index (χ1v) is 4.36. The molecule has 5 heteroatoms. The summed E-state index contributed by atoms with van der Waals surface area (Å²) in [7, 11) is 1.34. The van der Waals surface area contributed by atoms with Gasteiger partial charge in [-0.1, -0.05) is 6.07 Å². The molecule has 0 radical (unpaired) electrons. The molecule has 1 aromatic rings. The zero-order chi connectivity index (χ0) is 11.3. The average Bonchev–Trinajstić information content (AvgIpc) is 2.27. The van der Waals surface area contributed by atoms with Gasteiger partial charge in [0.25, 0.3) is 0 Å². The van der Waals surface area contributed by atoms with Gasteiger partial charge in [-0.3, -0.25) is 0 Å². The number of ether oxygens (including phenoxy) is 1. The first-order chi connectivity index (χ1) is 7.19. The highest BCUT2D eigenvalue weighted by molar-refractivity contribution is 5.90. The lowest BCUT2D eigenvalue weighted by molar-refractivity contribution is 0.0601. The molecule has 0 aliphatic heterocycles. The third kappa shape index (κ3) is 2.78. The number of aryl methyl sites for hydroxylation is 1. The van der Waals surface area contributed by atoms with E-state index in [0.717, 1.165) is 5.56 Å². The molecule has 0 aliphatic rings. The summed E-state index contributed by atoms with van der Waals surface area (Å²) in [6.07, 6.45) is 1.35. The fourth-order valence-electron chi connectivity index (χ4n) is 1.10. The molecule has 0 atom stereocenters. The van der Waals surface area contributed by atoms with Crippen LogP contribution in [0.3, 0.4) is 0 Å². The van der Waals surface area contributed by atoms with Crippen LogP contribution in [-0.4, -0.2) is 19.4 Å². The Morgan fingerprint density at radius 2 is 2.33 bits per heavy atom. The van der Waals surface area contributed by atoms with Crippen molar-refractivity contribution >= 4 is 18.0 Å². The van der Waals surface area contributed by atoms with Gasteiger partial charge in [-0.05, 0) is 24.6 Å². The lowest BCUT2D eigenvalue weighted by atomic mass is 10.1. The fraction of sp³-hybridized carbons (Fsp3) is 0.200. The van der Waals surface area contributed by atoms with Crippen LogP contribution in [0.15, 0.2) is 23.2 Å². The molecule has 0 saturated heterocycles. The Kier molecular flexibility index (Phi) is 3.82. The molecule has 0 unspecified atom stereocenters. The van der Waals surface area contributed by atoms with E-state index >= 15 is 0 Å². The third-order valence-corrected chi connectivity index (χ3v) is 1.91. The second kappa shape index (κ2) is 5.11. The Morgan fingerprint density at radius 1 is 1.60 bits per heavy atom. The summed E-state index contributed by atoms with van der Waals surface area (Å²) in [5, 5.41) is 0. The molecular weight excluding hydrogens is 194 g/mol. The molecule has 0 aliphatic carbocycles. The topological polar surface area (TPSA) is 76.7 Å². The number of rotatable bonds is 3. The van der Waals surface area contributed by atoms with Gasteiger partial charge in [-0.25, -0.2) is 15.6 Å². The van der Waals surface area contributed by atoms with Crippen LogP contribution < -0.4 is 11.3 Å². The second-order valence-electron chi connectivity index (χ2n) is 2.92. The molecule has 0 bridgehead atoms. The molecule has 0 spiro atoms. The summed E-state index contributed by atoms with van der Waals surface area (Å²) < 4.78 is 4.60. The number of hydrazine groups is 1. The van der Waals surface area contributed by atoms with Crippen LogP contribution in [0.4, 0.5) is 5.69 Å². The van der Waals surface area contributed by atoms with Gasteiger partial charge in [0.15, 0.2) is 0 Å². The summed E-state index contributed by atoms with van der Waals surface area (Å²) >= 11 is 0. The lowest BCUT2D eigenvalue weighted by Crippen LogP contribution is -2.18. The average molecular weight is 207 g/mol. The number of hydrogen-bond donors (Lipinski definition) is 2. The van der Waals surface area contributed by atoms with Crippen LogP contribution in [0.1, 0.15) is 15.9 Å². The van der Waals surface area contributed by atoms with E-state index in [1.165, 1.54) is 13.4 Å². The highest BCUT2D eigenvalue weighted by Gasteiger charge is 2.06. The molecular formula is C10H13N3O2. The van der Waals surface area contributed by atoms with E-state index in [1.807, 2.05) is 6.92 Å². The first kappa shape index (κ1) is 11.2. The van der Waals surface area contributed by atoms with Crippen molar-refractivity contribution in [1.29, 1.82) is 0 Å². The predicted molar refractivity (Wildman–Crippen MR) is 58.0 cm³/mol. The maximum Gasteiger partial charge on any atom is 0.337 e. The zero-order valence-electron chi connectivity index (χ0n) is 8.65. The van der Waals surface area contributed by atoms with Crippen molar-refractivity contribution < 1.29 is 9.53 Å². The Hall–Kier alpha value is -1.88. The Labute approximate surface area is 87.9 Å². The van der Waals surface area contributed by atoms with Gasteiger partial charge in [0.1, 0.15) is 6.34 Å². The number of esters is 1. The first-order valence-electron chi connectivity index (χ1n) is 4.36. The van der Waals surface area contributed by atoms with Gasteiger partial charge < -0.3 is 10.2 Å². The number of hydrogen-bond acceptors (Lipinski definition) is 4. The maximum absolute atomic E-state index is 11.2. The summed E-state index contributed by atoms with van der Waals surface area (Å²) in [6.45, 7) is 1.89. The molecule has 0 saturated carbocycles. The van der Waals surface area contributed by atoms with Crippen LogP contribution in [0.2, 0.25) is 0 Å². The van der Waals surface area contributed by atoms with Crippen molar-refractivity contribution in [3.63, 3.8) is 0 Å². The monoisotopic (exact) mass is 207 g/mol. The van der Waals surface area contributed by atoms with Crippen molar-refractivity contribution in [2.45, 2.75) is 6.92 Å². The molecule has 3 N–H and O–H groups in total. The van der Waals surface area contributed by atoms with E-state index in [0.29, 0.717) is 11.3 Å². The van der Waals surface area contributed by atoms with Crippen LogP contribution >= 0.6 is 0 Å². The molecule has 1 aromatic carbocycles. The highest BCUT2D eigenvalue weighted by Crippen LogP contribution is 2.19. The number of aliphatic imine (C=N–C) groups is 1. The normalized spacial score (nSPS) is 10.3. The minimum Gasteiger partial charge on any atom is -0.465 e. The van der Waals surface area contributed by atoms with Gasteiger partial charge >= 0.3 is 5.97 Å². The van der Waals surface area contributed by atoms with Crippen LogP contribution in [0.25, 0.3) is 0 Å². The molecule has 1 rings (SSSR count). The highest BCUT2D eigenvalue weighted by atomic mass is 16.5. The lowest BCUT2D eigenvalue weighted by Gasteiger charge is -2.03. The number of benzene rings is 1. The smallest absolute Gasteiger partial charge is 0.337 e. The molecule has 15 heavy (non-hydrogen) atoms. The van der Waals surface area contributed by atoms with E-state index in [1.54, 1.807) is 18.2 Å². The number of nitrogens with two attached hydrogens (primary N) is 1. The fourth-order valence-corrected chi connectivity index (χ4v) is 1.10. The largest absolute Gasteiger partial charge is 0.465 e. The number of methoxy groups -OCH3 is 1. The van der Waals surface area contributed by atoms with E-state index in [4.69, 9.17) is 5.84 Å². The number of nitrogens with zero attached hydrogens (tertiary/aromatic N) is 1. The Balaban J connectivity index is 3.05. The van der Waals surface area contributed by atoms with E-state index in [2.05, 4.69) is 15.2 Å². The van der Waals surface area contributed by atoms with E-state index in [-0.39, 0.29) is 5.97 Å². The Morgan fingerprint density at radius 3 is 2.93 bits per heavy atom. The third-order valence-electron chi connectivity index (χ3n) is 1.91. The molecule has 0 aromatic heterocycles. The number of nitrogens with one attached hydrogen (secondary N) is 1. The van der Waals surface area contributed by atoms with Gasteiger partial charge in [-0.15, -0.1) is 0 Å². The van der Waals surface area contributed by atoms with Crippen LogP contribution in [-0.2, 0) is 4.74 Å². The molecule has 0 amide bonds. The minimum absolute atomic E-state index is 0.382. The summed E-state index contributed by atoms with van der Waals surface area (Å²) in [6, 6.07) is 5.14. The van der Waals surface area contributed by atoms with Crippen molar-refractivity contribution in [2.75, 3.05) is 7.11 Å². The molecule has 0 fully saturated rings. The SMILES string of the molecule is COC(=O)c1ccc(C)c(N=CNN)c1. The molecule has 5 nitrogen and oxygen atoms in total. The maximum atomic E-state index is 11.2. The van der Waals surface area contributed by atoms with Crippen LogP contribution in [0, 0.1) is 6.92 Å². The summed E-state index contributed by atoms with van der Waals surface area (Å²) in [5.74, 6) is 4.68. The number of carbonyl (C=O) groups excluding carboxylic acids is 1. The quantitative estimate of drug-likeness (QED) is 0.254. The van der Waals surface area contributed by atoms with Crippen molar-refractivity contribution in [3.05, 3.63) is 29.3 Å². The van der Waals surface area contributed by atoms with Gasteiger partial charge in [-0.2, -0.15) is 0 Å². The predicted octanol–water partition coefficient (Wildman–Crippen LogP) is 0.905. The summed E-state index contributed by atoms with van der Waals surface area (Å²) in [5.41, 5.74) is 4.39. The van der Waals surface area contributed by atoms with Crippen molar-refractivity contribution in [3.8, 4) is 0 Å². The second-order valence-corrected chi connectivity index (χ2v) is 2.92. The minimum atomic E-state index is -0.382. The van der Waals surface area contributed by atoms with Gasteiger partial charge in [0, 0.05) is 0 Å². The van der Waals surface area contributed by atoms with E-state index < -0.39 is 0 Å². The number of carbonyl (C=O) groups is 1. The molecule has 80 valence electrons. The summed E-state index contributed by atoms with van der Waals surface area (Å²) in [4.78, 5) is 15.3. The van der Waals surface area contributed by atoms with Gasteiger partial charge in [0.2, 0.25) is 0 Å². The van der Waals surface area contributed by atoms with Gasteiger partial charge in [0.05, 0.1) is 18.4 Å². The van der Waals surface area contributed by atoms with Crippen molar-refractivity contribution in [2.24, 2.45) is 10.8 Å². The van der Waals surface area contributed by atoms with Crippen LogP contribution in [0.5, 0.6) is 0 Å². The standard InChI is InChI=1S/C10H13N3O2/c1-7-3-4-8(10(14)15-2)5-9(7)12-6-13-11/h3-6H,11H2,1-2H3,(H,12,13).